The molecule has 1 heterocycles. The topological polar surface area (TPSA) is 84.6 Å². The molecule has 1 rings (SSSR count). The molecule has 1 saturated heterocycles. The summed E-state index contributed by atoms with van der Waals surface area (Å²) >= 11 is 0. The second-order valence-corrected chi connectivity index (χ2v) is 4.87. The summed E-state index contributed by atoms with van der Waals surface area (Å²) in [6.07, 6.45) is 3.32. The molecule has 1 atom stereocenters. The van der Waals surface area contributed by atoms with Crippen LogP contribution in [0.4, 0.5) is 0 Å². The van der Waals surface area contributed by atoms with Crippen molar-refractivity contribution >= 4 is 5.91 Å². The number of rotatable bonds is 6. The molecule has 4 N–H and O–H groups in total. The maximum atomic E-state index is 11.6. The molecule has 1 aliphatic rings. The van der Waals surface area contributed by atoms with E-state index in [1.54, 1.807) is 0 Å². The highest BCUT2D eigenvalue weighted by molar-refractivity contribution is 5.76. The SMILES string of the molecule is CCCC(N)CC(=O)NCC1(O)CCOCC1. The van der Waals surface area contributed by atoms with Gasteiger partial charge in [0.2, 0.25) is 5.91 Å². The van der Waals surface area contributed by atoms with Crippen molar-refractivity contribution in [2.45, 2.75) is 50.7 Å². The van der Waals surface area contributed by atoms with E-state index >= 15 is 0 Å². The van der Waals surface area contributed by atoms with Crippen molar-refractivity contribution in [2.24, 2.45) is 5.73 Å². The van der Waals surface area contributed by atoms with Crippen LogP contribution in [-0.2, 0) is 9.53 Å². The summed E-state index contributed by atoms with van der Waals surface area (Å²) in [5, 5.41) is 12.9. The molecule has 100 valence electrons. The van der Waals surface area contributed by atoms with Gasteiger partial charge in [-0.25, -0.2) is 0 Å². The molecule has 0 aromatic heterocycles. The van der Waals surface area contributed by atoms with Crippen molar-refractivity contribution in [1.29, 1.82) is 0 Å². The van der Waals surface area contributed by atoms with Crippen LogP contribution in [0.25, 0.3) is 0 Å². The van der Waals surface area contributed by atoms with Crippen molar-refractivity contribution in [2.75, 3.05) is 19.8 Å². The van der Waals surface area contributed by atoms with Crippen molar-refractivity contribution in [1.82, 2.24) is 5.32 Å². The van der Waals surface area contributed by atoms with Crippen molar-refractivity contribution in [3.8, 4) is 0 Å². The van der Waals surface area contributed by atoms with E-state index in [0.29, 0.717) is 39.0 Å². The molecular formula is C12H24N2O3. The van der Waals surface area contributed by atoms with Gasteiger partial charge in [-0.3, -0.25) is 4.79 Å². The lowest BCUT2D eigenvalue weighted by Gasteiger charge is -2.32. The number of hydrogen-bond acceptors (Lipinski definition) is 4. The number of ether oxygens (including phenoxy) is 1. The summed E-state index contributed by atoms with van der Waals surface area (Å²) in [4.78, 5) is 11.6. The van der Waals surface area contributed by atoms with Gasteiger partial charge in [-0.05, 0) is 6.42 Å². The molecule has 17 heavy (non-hydrogen) atoms. The first-order valence-electron chi connectivity index (χ1n) is 6.38. The van der Waals surface area contributed by atoms with Crippen molar-refractivity contribution in [3.63, 3.8) is 0 Å². The zero-order valence-corrected chi connectivity index (χ0v) is 10.6. The average Bonchev–Trinajstić information content (AvgIpc) is 2.28. The summed E-state index contributed by atoms with van der Waals surface area (Å²) in [5.74, 6) is -0.0779. The van der Waals surface area contributed by atoms with Crippen LogP contribution in [0.1, 0.15) is 39.0 Å². The van der Waals surface area contributed by atoms with Crippen LogP contribution in [0.5, 0.6) is 0 Å². The summed E-state index contributed by atoms with van der Waals surface area (Å²) < 4.78 is 5.18. The van der Waals surface area contributed by atoms with Crippen molar-refractivity contribution in [3.05, 3.63) is 0 Å². The Hall–Kier alpha value is -0.650. The number of nitrogens with one attached hydrogen (secondary N) is 1. The lowest BCUT2D eigenvalue weighted by Crippen LogP contribution is -2.47. The third kappa shape index (κ3) is 5.48. The van der Waals surface area contributed by atoms with E-state index in [1.807, 2.05) is 6.92 Å². The Morgan fingerprint density at radius 1 is 1.53 bits per heavy atom. The number of nitrogens with two attached hydrogens (primary N) is 1. The molecule has 0 aromatic carbocycles. The molecular weight excluding hydrogens is 220 g/mol. The number of aliphatic hydroxyl groups is 1. The highest BCUT2D eigenvalue weighted by atomic mass is 16.5. The Labute approximate surface area is 103 Å². The monoisotopic (exact) mass is 244 g/mol. The standard InChI is InChI=1S/C12H24N2O3/c1-2-3-10(13)8-11(15)14-9-12(16)4-6-17-7-5-12/h10,16H,2-9,13H2,1H3,(H,14,15). The van der Waals surface area contributed by atoms with Gasteiger partial charge in [0.05, 0.1) is 5.60 Å². The number of carbonyl (C=O) groups excluding carboxylic acids is 1. The Balaban J connectivity index is 2.22. The van der Waals surface area contributed by atoms with Gasteiger partial charge in [0.15, 0.2) is 0 Å². The predicted molar refractivity (Wildman–Crippen MR) is 65.5 cm³/mol. The maximum Gasteiger partial charge on any atom is 0.221 e. The van der Waals surface area contributed by atoms with Crippen LogP contribution in [0.3, 0.4) is 0 Å². The van der Waals surface area contributed by atoms with Gasteiger partial charge < -0.3 is 20.9 Å². The fourth-order valence-electron chi connectivity index (χ4n) is 1.97. The summed E-state index contributed by atoms with van der Waals surface area (Å²) in [6.45, 7) is 3.46. The molecule has 0 saturated carbocycles. The lowest BCUT2D eigenvalue weighted by molar-refractivity contribution is -0.124. The molecule has 5 heteroatoms. The summed E-state index contributed by atoms with van der Waals surface area (Å²) in [7, 11) is 0. The molecule has 5 nitrogen and oxygen atoms in total. The van der Waals surface area contributed by atoms with Crippen LogP contribution >= 0.6 is 0 Å². The first-order valence-corrected chi connectivity index (χ1v) is 6.38. The predicted octanol–water partition coefficient (Wildman–Crippen LogP) is 0.162. The van der Waals surface area contributed by atoms with Crippen LogP contribution in [0.15, 0.2) is 0 Å². The summed E-state index contributed by atoms with van der Waals surface area (Å²) in [5.41, 5.74) is 4.98. The Bertz CT molecular complexity index is 240. The average molecular weight is 244 g/mol. The summed E-state index contributed by atoms with van der Waals surface area (Å²) in [6, 6.07) is -0.0793. The smallest absolute Gasteiger partial charge is 0.221 e. The molecule has 1 unspecified atom stereocenters. The second kappa shape index (κ2) is 6.93. The van der Waals surface area contributed by atoms with E-state index in [-0.39, 0.29) is 11.9 Å². The molecule has 1 fully saturated rings. The van der Waals surface area contributed by atoms with E-state index < -0.39 is 5.60 Å². The number of hydrogen-bond donors (Lipinski definition) is 3. The van der Waals surface area contributed by atoms with E-state index in [2.05, 4.69) is 5.32 Å². The molecule has 0 spiro atoms. The number of carbonyl (C=O) groups is 1. The van der Waals surface area contributed by atoms with Gasteiger partial charge in [0, 0.05) is 45.1 Å². The van der Waals surface area contributed by atoms with Crippen LogP contribution in [-0.4, -0.2) is 42.4 Å². The van der Waals surface area contributed by atoms with E-state index in [9.17, 15) is 9.90 Å². The Kier molecular flexibility index (Phi) is 5.88. The van der Waals surface area contributed by atoms with Gasteiger partial charge >= 0.3 is 0 Å². The quantitative estimate of drug-likeness (QED) is 0.621. The molecule has 1 amide bonds. The second-order valence-electron chi connectivity index (χ2n) is 4.87. The van der Waals surface area contributed by atoms with Crippen LogP contribution in [0, 0.1) is 0 Å². The first-order chi connectivity index (χ1) is 8.06. The van der Waals surface area contributed by atoms with E-state index in [0.717, 1.165) is 12.8 Å². The zero-order chi connectivity index (χ0) is 12.7. The third-order valence-electron chi connectivity index (χ3n) is 3.15. The van der Waals surface area contributed by atoms with Crippen LogP contribution in [0.2, 0.25) is 0 Å². The minimum absolute atomic E-state index is 0.0779. The van der Waals surface area contributed by atoms with Gasteiger partial charge in [-0.15, -0.1) is 0 Å². The lowest BCUT2D eigenvalue weighted by atomic mass is 9.94. The molecule has 1 aliphatic heterocycles. The minimum atomic E-state index is -0.803. The third-order valence-corrected chi connectivity index (χ3v) is 3.15. The number of amides is 1. The highest BCUT2D eigenvalue weighted by Crippen LogP contribution is 2.19. The first kappa shape index (κ1) is 14.4. The zero-order valence-electron chi connectivity index (χ0n) is 10.6. The molecule has 0 radical (unpaired) electrons. The van der Waals surface area contributed by atoms with Crippen molar-refractivity contribution < 1.29 is 14.6 Å². The molecule has 0 aliphatic carbocycles. The normalized spacial score (nSPS) is 20.9. The molecule has 0 aromatic rings. The van der Waals surface area contributed by atoms with Gasteiger partial charge in [-0.2, -0.15) is 0 Å². The van der Waals surface area contributed by atoms with E-state index in [4.69, 9.17) is 10.5 Å². The van der Waals surface area contributed by atoms with Gasteiger partial charge in [0.1, 0.15) is 0 Å². The minimum Gasteiger partial charge on any atom is -0.388 e. The van der Waals surface area contributed by atoms with E-state index in [1.165, 1.54) is 0 Å². The molecule has 0 bridgehead atoms. The maximum absolute atomic E-state index is 11.6. The van der Waals surface area contributed by atoms with Crippen LogP contribution < -0.4 is 11.1 Å². The Morgan fingerprint density at radius 2 is 2.18 bits per heavy atom. The van der Waals surface area contributed by atoms with Gasteiger partial charge in [-0.1, -0.05) is 13.3 Å². The highest BCUT2D eigenvalue weighted by Gasteiger charge is 2.30. The largest absolute Gasteiger partial charge is 0.388 e. The fourth-order valence-corrected chi connectivity index (χ4v) is 1.97. The Morgan fingerprint density at radius 3 is 2.76 bits per heavy atom. The fraction of sp³-hybridized carbons (Fsp3) is 0.917. The van der Waals surface area contributed by atoms with Gasteiger partial charge in [0.25, 0.3) is 0 Å².